The van der Waals surface area contributed by atoms with Crippen LogP contribution in [0.5, 0.6) is 0 Å². The van der Waals surface area contributed by atoms with Crippen molar-refractivity contribution in [2.24, 2.45) is 0 Å². The van der Waals surface area contributed by atoms with Crippen LogP contribution in [-0.2, 0) is 10.0 Å². The fraction of sp³-hybridized carbons (Fsp3) is 0.417. The number of nitrogens with zero attached hydrogens (tertiary/aromatic N) is 2. The highest BCUT2D eigenvalue weighted by Crippen LogP contribution is 2.26. The summed E-state index contributed by atoms with van der Waals surface area (Å²) in [6, 6.07) is 2.99. The summed E-state index contributed by atoms with van der Waals surface area (Å²) < 4.78 is 52.7. The first-order valence-corrected chi connectivity index (χ1v) is 7.29. The number of rotatable bonds is 5. The number of anilines is 1. The molecule has 1 rings (SSSR count). The number of hydrogen-bond donors (Lipinski definition) is 1. The van der Waals surface area contributed by atoms with Crippen LogP contribution in [0.15, 0.2) is 17.0 Å². The monoisotopic (exact) mass is 303 g/mol. The molecular weight excluding hydrogens is 288 g/mol. The van der Waals surface area contributed by atoms with Crippen molar-refractivity contribution in [1.82, 2.24) is 4.31 Å². The van der Waals surface area contributed by atoms with Gasteiger partial charge in [0.15, 0.2) is 5.82 Å². The van der Waals surface area contributed by atoms with Gasteiger partial charge in [0.05, 0.1) is 6.07 Å². The normalized spacial score (nSPS) is 11.8. The lowest BCUT2D eigenvalue weighted by molar-refractivity contribution is 0.358. The summed E-state index contributed by atoms with van der Waals surface area (Å²) in [5, 5.41) is 8.55. The molecule has 0 spiro atoms. The van der Waals surface area contributed by atoms with E-state index in [1.54, 1.807) is 13.8 Å². The molecule has 20 heavy (non-hydrogen) atoms. The minimum Gasteiger partial charge on any atom is -0.394 e. The molecule has 0 amide bonds. The van der Waals surface area contributed by atoms with Crippen LogP contribution in [-0.4, -0.2) is 25.3 Å². The molecular formula is C12H15F2N3O2S. The zero-order valence-electron chi connectivity index (χ0n) is 11.1. The molecule has 0 aliphatic rings. The maximum absolute atomic E-state index is 13.9. The highest BCUT2D eigenvalue weighted by Gasteiger charge is 2.30. The van der Waals surface area contributed by atoms with E-state index < -0.39 is 38.3 Å². The number of benzene rings is 1. The first-order chi connectivity index (χ1) is 9.23. The fourth-order valence-electron chi connectivity index (χ4n) is 1.69. The second kappa shape index (κ2) is 6.15. The van der Waals surface area contributed by atoms with E-state index in [4.69, 9.17) is 11.0 Å². The van der Waals surface area contributed by atoms with Gasteiger partial charge in [0.25, 0.3) is 0 Å². The van der Waals surface area contributed by atoms with E-state index in [-0.39, 0.29) is 13.0 Å². The van der Waals surface area contributed by atoms with E-state index in [1.807, 2.05) is 6.07 Å². The van der Waals surface area contributed by atoms with Crippen LogP contribution in [0.4, 0.5) is 14.5 Å². The van der Waals surface area contributed by atoms with Gasteiger partial charge in [-0.25, -0.2) is 17.2 Å². The van der Waals surface area contributed by atoms with Gasteiger partial charge in [-0.2, -0.15) is 9.57 Å². The van der Waals surface area contributed by atoms with Gasteiger partial charge in [-0.3, -0.25) is 0 Å². The molecule has 8 heteroatoms. The van der Waals surface area contributed by atoms with Crippen LogP contribution in [0, 0.1) is 23.0 Å². The number of nitrogen functional groups attached to an aromatic ring is 1. The molecule has 0 radical (unpaired) electrons. The first-order valence-electron chi connectivity index (χ1n) is 5.85. The summed E-state index contributed by atoms with van der Waals surface area (Å²) >= 11 is 0. The Bertz CT molecular complexity index is 639. The molecule has 0 aromatic heterocycles. The summed E-state index contributed by atoms with van der Waals surface area (Å²) in [4.78, 5) is -0.692. The predicted octanol–water partition coefficient (Wildman–Crippen LogP) is 1.86. The zero-order valence-corrected chi connectivity index (χ0v) is 11.9. The van der Waals surface area contributed by atoms with Gasteiger partial charge in [0.2, 0.25) is 10.0 Å². The average Bonchev–Trinajstić information content (AvgIpc) is 2.35. The van der Waals surface area contributed by atoms with E-state index in [0.717, 1.165) is 16.4 Å². The van der Waals surface area contributed by atoms with Gasteiger partial charge in [-0.1, -0.05) is 0 Å². The van der Waals surface area contributed by atoms with Crippen molar-refractivity contribution in [2.75, 3.05) is 12.3 Å². The van der Waals surface area contributed by atoms with Crippen molar-refractivity contribution in [3.63, 3.8) is 0 Å². The number of sulfonamides is 1. The molecule has 0 heterocycles. The highest BCUT2D eigenvalue weighted by molar-refractivity contribution is 7.89. The van der Waals surface area contributed by atoms with E-state index in [0.29, 0.717) is 0 Å². The number of nitriles is 1. The molecule has 0 saturated carbocycles. The lowest BCUT2D eigenvalue weighted by atomic mass is 10.3. The van der Waals surface area contributed by atoms with E-state index in [2.05, 4.69) is 0 Å². The Morgan fingerprint density at radius 2 is 2.00 bits per heavy atom. The maximum Gasteiger partial charge on any atom is 0.246 e. The largest absolute Gasteiger partial charge is 0.394 e. The smallest absolute Gasteiger partial charge is 0.246 e. The van der Waals surface area contributed by atoms with Crippen LogP contribution < -0.4 is 5.73 Å². The fourth-order valence-corrected chi connectivity index (χ4v) is 3.41. The van der Waals surface area contributed by atoms with Gasteiger partial charge in [0, 0.05) is 19.0 Å². The SMILES string of the molecule is CC(C)N(CCC#N)S(=O)(=O)c1ccc(F)c(N)c1F. The summed E-state index contributed by atoms with van der Waals surface area (Å²) in [7, 11) is -4.18. The topological polar surface area (TPSA) is 87.2 Å². The van der Waals surface area contributed by atoms with Crippen molar-refractivity contribution in [2.45, 2.75) is 31.2 Å². The number of halogens is 2. The molecule has 0 unspecified atom stereocenters. The third kappa shape index (κ3) is 3.05. The highest BCUT2D eigenvalue weighted by atomic mass is 32.2. The van der Waals surface area contributed by atoms with E-state index in [1.165, 1.54) is 0 Å². The molecule has 0 atom stereocenters. The lowest BCUT2D eigenvalue weighted by Crippen LogP contribution is -2.38. The molecule has 0 bridgehead atoms. The molecule has 2 N–H and O–H groups in total. The van der Waals surface area contributed by atoms with Crippen LogP contribution in [0.1, 0.15) is 20.3 Å². The van der Waals surface area contributed by atoms with Crippen molar-refractivity contribution in [1.29, 1.82) is 5.26 Å². The Hall–Kier alpha value is -1.72. The third-order valence-electron chi connectivity index (χ3n) is 2.70. The Morgan fingerprint density at radius 1 is 1.40 bits per heavy atom. The first kappa shape index (κ1) is 16.3. The third-order valence-corrected chi connectivity index (χ3v) is 4.79. The van der Waals surface area contributed by atoms with Gasteiger partial charge in [0.1, 0.15) is 16.4 Å². The number of hydrogen-bond acceptors (Lipinski definition) is 4. The van der Waals surface area contributed by atoms with E-state index >= 15 is 0 Å². The molecule has 0 aliphatic heterocycles. The molecule has 110 valence electrons. The Morgan fingerprint density at radius 3 is 2.50 bits per heavy atom. The number of nitrogens with two attached hydrogens (primary N) is 1. The van der Waals surface area contributed by atoms with Crippen LogP contribution in [0.2, 0.25) is 0 Å². The molecule has 1 aromatic rings. The van der Waals surface area contributed by atoms with Crippen molar-refractivity contribution in [3.8, 4) is 6.07 Å². The quantitative estimate of drug-likeness (QED) is 0.841. The van der Waals surface area contributed by atoms with Gasteiger partial charge >= 0.3 is 0 Å². The zero-order chi connectivity index (χ0) is 15.5. The standard InChI is InChI=1S/C12H15F2N3O2S/c1-8(2)17(7-3-6-15)20(18,19)10-5-4-9(13)12(16)11(10)14/h4-5,8H,3,7,16H2,1-2H3. The molecule has 5 nitrogen and oxygen atoms in total. The van der Waals surface area contributed by atoms with Gasteiger partial charge < -0.3 is 5.73 Å². The molecule has 0 fully saturated rings. The second-order valence-corrected chi connectivity index (χ2v) is 6.25. The summed E-state index contributed by atoms with van der Waals surface area (Å²) in [6.07, 6.45) is -0.0320. The predicted molar refractivity (Wildman–Crippen MR) is 70.0 cm³/mol. The van der Waals surface area contributed by atoms with E-state index in [9.17, 15) is 17.2 Å². The van der Waals surface area contributed by atoms with Crippen molar-refractivity contribution >= 4 is 15.7 Å². The van der Waals surface area contributed by atoms with Gasteiger partial charge in [-0.05, 0) is 26.0 Å². The molecule has 1 aromatic carbocycles. The lowest BCUT2D eigenvalue weighted by Gasteiger charge is -2.25. The van der Waals surface area contributed by atoms with Crippen LogP contribution in [0.3, 0.4) is 0 Å². The minimum atomic E-state index is -4.18. The maximum atomic E-state index is 13.9. The van der Waals surface area contributed by atoms with Gasteiger partial charge in [-0.15, -0.1) is 0 Å². The molecule has 0 aliphatic carbocycles. The Kier molecular flexibility index (Phi) is 5.03. The Labute approximate surface area is 116 Å². The summed E-state index contributed by atoms with van der Waals surface area (Å²) in [5.74, 6) is -2.33. The Balaban J connectivity index is 3.35. The second-order valence-electron chi connectivity index (χ2n) is 4.39. The summed E-state index contributed by atoms with van der Waals surface area (Å²) in [5.41, 5.74) is 4.33. The minimum absolute atomic E-state index is 0.0320. The van der Waals surface area contributed by atoms with Crippen molar-refractivity contribution in [3.05, 3.63) is 23.8 Å². The van der Waals surface area contributed by atoms with Crippen molar-refractivity contribution < 1.29 is 17.2 Å². The van der Waals surface area contributed by atoms with Crippen LogP contribution >= 0.6 is 0 Å². The summed E-state index contributed by atoms with van der Waals surface area (Å²) in [6.45, 7) is 3.12. The average molecular weight is 303 g/mol. The van der Waals surface area contributed by atoms with Crippen LogP contribution in [0.25, 0.3) is 0 Å². The molecule has 0 saturated heterocycles.